The number of carbonyl (C=O) groups excluding carboxylic acids is 6. The molecule has 1 aromatic carbocycles. The third kappa shape index (κ3) is 12.8. The van der Waals surface area contributed by atoms with Crippen LogP contribution < -0.4 is 5.32 Å². The molecule has 0 aromatic heterocycles. The molecule has 2 unspecified atom stereocenters. The van der Waals surface area contributed by atoms with Crippen LogP contribution in [-0.4, -0.2) is 105 Å². The molecular formula is C49H70INO15. The number of unbranched alkanes of at least 4 members (excludes halogenated alkanes) is 6. The minimum Gasteiger partial charge on any atom is -0.507 e. The Balaban J connectivity index is 1.63. The van der Waals surface area contributed by atoms with Crippen molar-refractivity contribution in [2.75, 3.05) is 6.54 Å². The van der Waals surface area contributed by atoms with Gasteiger partial charge in [-0.1, -0.05) is 51.2 Å². The number of hydrogen-bond donors (Lipinski definition) is 4. The maximum atomic E-state index is 14.0. The predicted molar refractivity (Wildman–Crippen MR) is 250 cm³/mol. The Kier molecular flexibility index (Phi) is 18.7. The second-order valence-electron chi connectivity index (χ2n) is 19.1. The average molecular weight is 1040 g/mol. The largest absolute Gasteiger partial charge is 0.507 e. The van der Waals surface area contributed by atoms with Crippen LogP contribution in [0.1, 0.15) is 151 Å². The minimum atomic E-state index is -2.69. The summed E-state index contributed by atoms with van der Waals surface area (Å²) in [4.78, 5) is 79.5. The molecule has 4 rings (SSSR count). The standard InChI is InChI=1S/C49H70INO15/c1-11-13-14-15-18-21-35(53)62-41-38-37(29(4)40(41)63-43(56)28(3)12-2)42-49(60,48(10,59)44(57)64-42)34(27-47(38,9)65-30(5)52)61-36(54)23-22-31-25-32(39(55)33(50)26-31)20-17-16-19-24-51-45(58)66-46(6,7)8/h12,25-26,34,38,40-42,55,59-60H,11,13-24,27H2,1-10H3,(H,51,58)/t34?,38-,40?,41+,42+,47+,48-,49-/m1/s1. The first-order valence-corrected chi connectivity index (χ1v) is 24.1. The van der Waals surface area contributed by atoms with E-state index in [1.54, 1.807) is 59.8 Å². The molecule has 1 amide bonds. The molecule has 2 aliphatic carbocycles. The fraction of sp³-hybridized carbons (Fsp3) is 0.673. The molecule has 2 fully saturated rings. The van der Waals surface area contributed by atoms with Crippen LogP contribution in [0.2, 0.25) is 0 Å². The maximum absolute atomic E-state index is 14.0. The minimum absolute atomic E-state index is 0.0358. The van der Waals surface area contributed by atoms with Crippen molar-refractivity contribution < 1.29 is 72.5 Å². The number of aryl methyl sites for hydroxylation is 2. The average Bonchev–Trinajstić information content (AvgIpc) is 3.55. The highest BCUT2D eigenvalue weighted by atomic mass is 127. The van der Waals surface area contributed by atoms with Gasteiger partial charge in [0, 0.05) is 38.3 Å². The number of ether oxygens (including phenoxy) is 6. The summed E-state index contributed by atoms with van der Waals surface area (Å²) in [6.07, 6.45) is 1.32. The Morgan fingerprint density at radius 1 is 0.924 bits per heavy atom. The molecule has 1 aromatic rings. The number of benzene rings is 1. The van der Waals surface area contributed by atoms with Crippen molar-refractivity contribution in [3.05, 3.63) is 49.6 Å². The van der Waals surface area contributed by atoms with E-state index in [2.05, 4.69) is 12.2 Å². The van der Waals surface area contributed by atoms with Crippen LogP contribution in [0.3, 0.4) is 0 Å². The molecule has 66 heavy (non-hydrogen) atoms. The van der Waals surface area contributed by atoms with Crippen LogP contribution in [0.25, 0.3) is 0 Å². The van der Waals surface area contributed by atoms with Gasteiger partial charge in [-0.15, -0.1) is 0 Å². The van der Waals surface area contributed by atoms with Gasteiger partial charge in [-0.3, -0.25) is 14.4 Å². The van der Waals surface area contributed by atoms with Gasteiger partial charge in [-0.05, 0) is 138 Å². The lowest BCUT2D eigenvalue weighted by Crippen LogP contribution is -2.64. The lowest BCUT2D eigenvalue weighted by Gasteiger charge is -2.41. The summed E-state index contributed by atoms with van der Waals surface area (Å²) in [7, 11) is 0. The SMILES string of the molecule is CC=C(C)C(=O)OC1C(C)=C2[C@H]([C@@H]1OC(=O)CCCCCCC)[C@@](C)(OC(C)=O)CC(OC(=O)CCc1cc(I)c(O)c(CCCCCNC(=O)OC(C)(C)C)c1)[C@@]1(O)[C@H]2OC(=O)[C@@]1(C)O. The number of amides is 1. The number of allylic oxidation sites excluding steroid dienone is 1. The van der Waals surface area contributed by atoms with E-state index in [4.69, 9.17) is 28.4 Å². The zero-order chi connectivity index (χ0) is 49.4. The van der Waals surface area contributed by atoms with Gasteiger partial charge < -0.3 is 49.1 Å². The fourth-order valence-corrected chi connectivity index (χ4v) is 9.86. The van der Waals surface area contributed by atoms with Gasteiger partial charge in [0.1, 0.15) is 23.1 Å². The smallest absolute Gasteiger partial charge is 0.407 e. The highest BCUT2D eigenvalue weighted by Crippen LogP contribution is 2.57. The third-order valence-electron chi connectivity index (χ3n) is 12.7. The molecule has 4 N–H and O–H groups in total. The molecule has 1 aliphatic heterocycles. The second-order valence-corrected chi connectivity index (χ2v) is 20.3. The number of rotatable bonds is 20. The first-order valence-electron chi connectivity index (χ1n) is 23.1. The second kappa shape index (κ2) is 22.7. The van der Waals surface area contributed by atoms with E-state index in [0.717, 1.165) is 46.0 Å². The number of aromatic hydroxyl groups is 1. The van der Waals surface area contributed by atoms with Crippen LogP contribution in [0.15, 0.2) is 34.9 Å². The van der Waals surface area contributed by atoms with E-state index < -0.39 is 95.1 Å². The molecule has 1 heterocycles. The summed E-state index contributed by atoms with van der Waals surface area (Å²) in [5.41, 5.74) is -5.80. The Bertz CT molecular complexity index is 2040. The van der Waals surface area contributed by atoms with Crippen molar-refractivity contribution in [2.24, 2.45) is 5.92 Å². The van der Waals surface area contributed by atoms with Crippen LogP contribution in [0.5, 0.6) is 5.75 Å². The van der Waals surface area contributed by atoms with Crippen LogP contribution >= 0.6 is 22.6 Å². The van der Waals surface area contributed by atoms with E-state index in [1.807, 2.05) is 22.6 Å². The van der Waals surface area contributed by atoms with Crippen LogP contribution in [-0.2, 0) is 65.2 Å². The van der Waals surface area contributed by atoms with Crippen molar-refractivity contribution in [3.8, 4) is 5.75 Å². The fourth-order valence-electron chi connectivity index (χ4n) is 9.12. The van der Waals surface area contributed by atoms with Gasteiger partial charge in [0.2, 0.25) is 0 Å². The van der Waals surface area contributed by atoms with E-state index in [1.165, 1.54) is 6.92 Å². The molecule has 1 saturated carbocycles. The number of esters is 5. The van der Waals surface area contributed by atoms with Crippen LogP contribution in [0.4, 0.5) is 4.79 Å². The first kappa shape index (κ1) is 54.4. The molecule has 0 radical (unpaired) electrons. The van der Waals surface area contributed by atoms with Gasteiger partial charge >= 0.3 is 35.9 Å². The third-order valence-corrected chi connectivity index (χ3v) is 13.5. The van der Waals surface area contributed by atoms with Gasteiger partial charge in [-0.25, -0.2) is 14.4 Å². The first-order chi connectivity index (χ1) is 30.8. The highest BCUT2D eigenvalue weighted by molar-refractivity contribution is 14.1. The number of nitrogens with one attached hydrogen (secondary N) is 1. The Hall–Kier alpha value is -4.23. The number of alkyl carbamates (subject to hydrolysis) is 1. The number of hydrogen-bond acceptors (Lipinski definition) is 15. The summed E-state index contributed by atoms with van der Waals surface area (Å²) in [6.45, 7) is 16.4. The predicted octanol–water partition coefficient (Wildman–Crippen LogP) is 7.31. The molecule has 17 heteroatoms. The van der Waals surface area contributed by atoms with Crippen molar-refractivity contribution in [3.63, 3.8) is 0 Å². The monoisotopic (exact) mass is 1040 g/mol. The summed E-state index contributed by atoms with van der Waals surface area (Å²) < 4.78 is 35.9. The number of phenols is 1. The van der Waals surface area contributed by atoms with Gasteiger partial charge in [0.15, 0.2) is 29.5 Å². The van der Waals surface area contributed by atoms with Gasteiger partial charge in [0.25, 0.3) is 0 Å². The summed E-state index contributed by atoms with van der Waals surface area (Å²) in [5, 5.41) is 38.3. The number of phenolic OH excluding ortho intramolecular Hbond substituents is 1. The number of aliphatic hydroxyl groups is 2. The van der Waals surface area contributed by atoms with E-state index in [0.29, 0.717) is 46.9 Å². The quantitative estimate of drug-likeness (QED) is 0.0251. The lowest BCUT2D eigenvalue weighted by molar-refractivity contribution is -0.212. The summed E-state index contributed by atoms with van der Waals surface area (Å²) in [6, 6.07) is 3.54. The summed E-state index contributed by atoms with van der Waals surface area (Å²) in [5.74, 6) is -5.27. The number of carbonyl (C=O) groups is 6. The zero-order valence-electron chi connectivity index (χ0n) is 40.1. The van der Waals surface area contributed by atoms with Crippen molar-refractivity contribution in [2.45, 2.75) is 200 Å². The highest BCUT2D eigenvalue weighted by Gasteiger charge is 2.76. The molecular weight excluding hydrogens is 969 g/mol. The Morgan fingerprint density at radius 3 is 2.21 bits per heavy atom. The summed E-state index contributed by atoms with van der Waals surface area (Å²) >= 11 is 2.02. The van der Waals surface area contributed by atoms with Crippen molar-refractivity contribution in [1.82, 2.24) is 5.32 Å². The lowest BCUT2D eigenvalue weighted by atomic mass is 9.75. The van der Waals surface area contributed by atoms with E-state index >= 15 is 0 Å². The Labute approximate surface area is 402 Å². The van der Waals surface area contributed by atoms with Gasteiger partial charge in [0.05, 0.1) is 9.49 Å². The number of fused-ring (bicyclic) bond motifs is 3. The number of halogens is 1. The molecule has 0 spiro atoms. The van der Waals surface area contributed by atoms with Crippen molar-refractivity contribution in [1.29, 1.82) is 0 Å². The molecule has 8 atom stereocenters. The Morgan fingerprint density at radius 2 is 1.58 bits per heavy atom. The maximum Gasteiger partial charge on any atom is 0.407 e. The molecule has 1 saturated heterocycles. The molecule has 3 aliphatic rings. The van der Waals surface area contributed by atoms with Gasteiger partial charge in [-0.2, -0.15) is 0 Å². The van der Waals surface area contributed by atoms with Crippen LogP contribution in [0, 0.1) is 9.49 Å². The molecule has 16 nitrogen and oxygen atoms in total. The zero-order valence-corrected chi connectivity index (χ0v) is 42.3. The topological polar surface area (TPSA) is 231 Å². The van der Waals surface area contributed by atoms with E-state index in [9.17, 15) is 44.1 Å². The normalized spacial score (nSPS) is 27.3. The molecule has 368 valence electrons. The van der Waals surface area contributed by atoms with Crippen molar-refractivity contribution >= 4 is 58.5 Å². The molecule has 0 bridgehead atoms. The van der Waals surface area contributed by atoms with E-state index in [-0.39, 0.29) is 41.7 Å².